The van der Waals surface area contributed by atoms with E-state index in [0.717, 1.165) is 39.6 Å². The van der Waals surface area contributed by atoms with E-state index in [0.29, 0.717) is 0 Å². The molecule has 0 amide bonds. The highest BCUT2D eigenvalue weighted by molar-refractivity contribution is 9.10. The molecule has 0 fully saturated rings. The summed E-state index contributed by atoms with van der Waals surface area (Å²) in [5, 5.41) is 13.7. The number of hydrogen-bond donors (Lipinski definition) is 1. The number of hydrogen-bond acceptors (Lipinski definition) is 4. The minimum atomic E-state index is 0.802. The Morgan fingerprint density at radius 3 is 2.88 bits per heavy atom. The third-order valence-electron chi connectivity index (χ3n) is 2.27. The predicted octanol–water partition coefficient (Wildman–Crippen LogP) is 3.47. The van der Waals surface area contributed by atoms with Gasteiger partial charge in [0.2, 0.25) is 0 Å². The van der Waals surface area contributed by atoms with Gasteiger partial charge in [-0.1, -0.05) is 52.4 Å². The van der Waals surface area contributed by atoms with Gasteiger partial charge < -0.3 is 5.32 Å². The van der Waals surface area contributed by atoms with Crippen molar-refractivity contribution in [2.45, 2.75) is 19.9 Å². The zero-order chi connectivity index (χ0) is 12.1. The maximum Gasteiger partial charge on any atom is 0.148 e. The molecule has 0 unspecified atom stereocenters. The van der Waals surface area contributed by atoms with Crippen LogP contribution in [0.15, 0.2) is 28.7 Å². The zero-order valence-electron chi connectivity index (χ0n) is 9.61. The lowest BCUT2D eigenvalue weighted by Crippen LogP contribution is -2.13. The van der Waals surface area contributed by atoms with Crippen molar-refractivity contribution < 1.29 is 0 Å². The Morgan fingerprint density at radius 1 is 1.29 bits per heavy atom. The van der Waals surface area contributed by atoms with Gasteiger partial charge in [0.1, 0.15) is 10.0 Å². The normalized spacial score (nSPS) is 10.7. The van der Waals surface area contributed by atoms with Gasteiger partial charge in [-0.25, -0.2) is 0 Å². The molecule has 0 spiro atoms. The van der Waals surface area contributed by atoms with Crippen LogP contribution < -0.4 is 5.32 Å². The van der Waals surface area contributed by atoms with Gasteiger partial charge >= 0.3 is 0 Å². The Bertz CT molecular complexity index is 484. The Kier molecular flexibility index (Phi) is 4.65. The molecular weight excluding hydrogens is 298 g/mol. The summed E-state index contributed by atoms with van der Waals surface area (Å²) < 4.78 is 1.06. The second kappa shape index (κ2) is 6.23. The van der Waals surface area contributed by atoms with Gasteiger partial charge in [0.25, 0.3) is 0 Å². The summed E-state index contributed by atoms with van der Waals surface area (Å²) in [6.07, 6.45) is 1.13. The van der Waals surface area contributed by atoms with E-state index in [-0.39, 0.29) is 0 Å². The van der Waals surface area contributed by atoms with Crippen molar-refractivity contribution in [3.05, 3.63) is 33.7 Å². The standard InChI is InChI=1S/C12H14BrN3S/c1-2-7-14-8-11-15-16-12(17-11)9-5-3-4-6-10(9)13/h3-6,14H,2,7-8H2,1H3. The van der Waals surface area contributed by atoms with E-state index in [1.165, 1.54) is 0 Å². The molecule has 1 aromatic carbocycles. The van der Waals surface area contributed by atoms with E-state index < -0.39 is 0 Å². The molecule has 5 heteroatoms. The van der Waals surface area contributed by atoms with Crippen LogP contribution in [0, 0.1) is 0 Å². The molecule has 2 aromatic rings. The second-order valence-electron chi connectivity index (χ2n) is 3.66. The van der Waals surface area contributed by atoms with E-state index in [9.17, 15) is 0 Å². The van der Waals surface area contributed by atoms with Crippen LogP contribution in [-0.2, 0) is 6.54 Å². The summed E-state index contributed by atoms with van der Waals surface area (Å²) in [7, 11) is 0. The molecule has 1 aromatic heterocycles. The molecule has 0 aliphatic heterocycles. The van der Waals surface area contributed by atoms with Crippen LogP contribution in [0.2, 0.25) is 0 Å². The summed E-state index contributed by atoms with van der Waals surface area (Å²) in [6, 6.07) is 8.08. The molecule has 0 radical (unpaired) electrons. The summed E-state index contributed by atoms with van der Waals surface area (Å²) in [5.74, 6) is 0. The molecule has 0 atom stereocenters. The summed E-state index contributed by atoms with van der Waals surface area (Å²) in [5.41, 5.74) is 1.10. The zero-order valence-corrected chi connectivity index (χ0v) is 12.0. The minimum Gasteiger partial charge on any atom is -0.310 e. The lowest BCUT2D eigenvalue weighted by atomic mass is 10.2. The summed E-state index contributed by atoms with van der Waals surface area (Å²) >= 11 is 5.17. The molecular formula is C12H14BrN3S. The number of halogens is 1. The molecule has 0 aliphatic rings. The van der Waals surface area contributed by atoms with E-state index in [2.05, 4.69) is 38.4 Å². The van der Waals surface area contributed by atoms with Gasteiger partial charge in [0, 0.05) is 16.6 Å². The first-order valence-electron chi connectivity index (χ1n) is 5.59. The lowest BCUT2D eigenvalue weighted by molar-refractivity contribution is 0.668. The van der Waals surface area contributed by atoms with Gasteiger partial charge in [-0.2, -0.15) is 0 Å². The minimum absolute atomic E-state index is 0.802. The average molecular weight is 312 g/mol. The van der Waals surface area contributed by atoms with Crippen LogP contribution in [0.3, 0.4) is 0 Å². The van der Waals surface area contributed by atoms with Crippen LogP contribution in [-0.4, -0.2) is 16.7 Å². The molecule has 90 valence electrons. The number of nitrogens with one attached hydrogen (secondary N) is 1. The molecule has 1 heterocycles. The largest absolute Gasteiger partial charge is 0.310 e. The molecule has 3 nitrogen and oxygen atoms in total. The van der Waals surface area contributed by atoms with Crippen molar-refractivity contribution >= 4 is 27.3 Å². The van der Waals surface area contributed by atoms with Gasteiger partial charge in [-0.05, 0) is 19.0 Å². The van der Waals surface area contributed by atoms with E-state index >= 15 is 0 Å². The van der Waals surface area contributed by atoms with Crippen LogP contribution in [0.25, 0.3) is 10.6 Å². The van der Waals surface area contributed by atoms with Gasteiger partial charge in [-0.3, -0.25) is 0 Å². The van der Waals surface area contributed by atoms with Crippen molar-refractivity contribution in [2.75, 3.05) is 6.54 Å². The molecule has 1 N–H and O–H groups in total. The van der Waals surface area contributed by atoms with Crippen LogP contribution in [0.5, 0.6) is 0 Å². The first kappa shape index (κ1) is 12.7. The fraction of sp³-hybridized carbons (Fsp3) is 0.333. The Balaban J connectivity index is 2.10. The topological polar surface area (TPSA) is 37.8 Å². The smallest absolute Gasteiger partial charge is 0.148 e. The summed E-state index contributed by atoms with van der Waals surface area (Å²) in [6.45, 7) is 3.97. The maximum atomic E-state index is 4.22. The molecule has 0 saturated heterocycles. The lowest BCUT2D eigenvalue weighted by Gasteiger charge is -1.98. The predicted molar refractivity (Wildman–Crippen MR) is 75.0 cm³/mol. The monoisotopic (exact) mass is 311 g/mol. The van der Waals surface area contributed by atoms with Gasteiger partial charge in [-0.15, -0.1) is 10.2 Å². The molecule has 2 rings (SSSR count). The highest BCUT2D eigenvalue weighted by Crippen LogP contribution is 2.29. The fourth-order valence-corrected chi connectivity index (χ4v) is 2.89. The highest BCUT2D eigenvalue weighted by atomic mass is 79.9. The van der Waals surface area contributed by atoms with Crippen LogP contribution >= 0.6 is 27.3 Å². The third kappa shape index (κ3) is 3.34. The highest BCUT2D eigenvalue weighted by Gasteiger charge is 2.08. The number of rotatable bonds is 5. The Labute approximate surface area is 113 Å². The maximum absolute atomic E-state index is 4.22. The van der Waals surface area contributed by atoms with Crippen LogP contribution in [0.4, 0.5) is 0 Å². The quantitative estimate of drug-likeness (QED) is 0.859. The van der Waals surface area contributed by atoms with Crippen molar-refractivity contribution in [3.8, 4) is 10.6 Å². The SMILES string of the molecule is CCCNCc1nnc(-c2ccccc2Br)s1. The molecule has 0 saturated carbocycles. The number of nitrogens with zero attached hydrogens (tertiary/aromatic N) is 2. The van der Waals surface area contributed by atoms with Crippen molar-refractivity contribution in [3.63, 3.8) is 0 Å². The Morgan fingerprint density at radius 2 is 2.12 bits per heavy atom. The fourth-order valence-electron chi connectivity index (χ4n) is 1.44. The van der Waals surface area contributed by atoms with Crippen molar-refractivity contribution in [1.82, 2.24) is 15.5 Å². The second-order valence-corrected chi connectivity index (χ2v) is 5.57. The first-order chi connectivity index (χ1) is 8.31. The van der Waals surface area contributed by atoms with Gasteiger partial charge in [0.05, 0.1) is 0 Å². The first-order valence-corrected chi connectivity index (χ1v) is 7.20. The van der Waals surface area contributed by atoms with E-state index in [1.54, 1.807) is 11.3 Å². The molecule has 0 aliphatic carbocycles. The molecule has 0 bridgehead atoms. The van der Waals surface area contributed by atoms with Crippen LogP contribution in [0.1, 0.15) is 18.4 Å². The van der Waals surface area contributed by atoms with E-state index in [1.807, 2.05) is 24.3 Å². The third-order valence-corrected chi connectivity index (χ3v) is 3.92. The van der Waals surface area contributed by atoms with Crippen molar-refractivity contribution in [2.24, 2.45) is 0 Å². The van der Waals surface area contributed by atoms with Gasteiger partial charge in [0.15, 0.2) is 0 Å². The molecule has 17 heavy (non-hydrogen) atoms. The number of aromatic nitrogens is 2. The Hall–Kier alpha value is -0.780. The van der Waals surface area contributed by atoms with E-state index in [4.69, 9.17) is 0 Å². The summed E-state index contributed by atoms with van der Waals surface area (Å²) in [4.78, 5) is 0. The number of benzene rings is 1. The van der Waals surface area contributed by atoms with Crippen molar-refractivity contribution in [1.29, 1.82) is 0 Å². The average Bonchev–Trinajstić information content (AvgIpc) is 2.79.